The van der Waals surface area contributed by atoms with Crippen LogP contribution in [-0.2, 0) is 10.5 Å². The van der Waals surface area contributed by atoms with Gasteiger partial charge in [-0.05, 0) is 17.2 Å². The Morgan fingerprint density at radius 3 is 2.67 bits per heavy atom. The topological polar surface area (TPSA) is 95.1 Å². The van der Waals surface area contributed by atoms with Crippen molar-refractivity contribution in [3.05, 3.63) is 88.2 Å². The standard InChI is InChI=1S/C20H17N3O3S/c24-18(23-26)11-10-14-6-4-5-9-16(14)13-27-20-21-17(12-19(25)22-20)15-7-2-1-3-8-15/h1-12,26H,13H2,(H,23,24)(H,21,22,25)/b11-10+. The summed E-state index contributed by atoms with van der Waals surface area (Å²) in [7, 11) is 0. The van der Waals surface area contributed by atoms with Gasteiger partial charge in [0.05, 0.1) is 5.69 Å². The molecule has 0 aliphatic carbocycles. The van der Waals surface area contributed by atoms with E-state index in [4.69, 9.17) is 5.21 Å². The molecule has 1 amide bonds. The van der Waals surface area contributed by atoms with Crippen molar-refractivity contribution in [2.45, 2.75) is 10.9 Å². The minimum Gasteiger partial charge on any atom is -0.301 e. The van der Waals surface area contributed by atoms with Gasteiger partial charge in [0.2, 0.25) is 0 Å². The summed E-state index contributed by atoms with van der Waals surface area (Å²) in [6.45, 7) is 0. The van der Waals surface area contributed by atoms with Gasteiger partial charge >= 0.3 is 0 Å². The second-order valence-electron chi connectivity index (χ2n) is 5.60. The number of hydroxylamine groups is 1. The van der Waals surface area contributed by atoms with Crippen LogP contribution < -0.4 is 11.0 Å². The largest absolute Gasteiger partial charge is 0.301 e. The molecule has 27 heavy (non-hydrogen) atoms. The van der Waals surface area contributed by atoms with Crippen LogP contribution in [0.15, 0.2) is 76.7 Å². The minimum absolute atomic E-state index is 0.209. The number of hydrogen-bond acceptors (Lipinski definition) is 5. The average Bonchev–Trinajstić information content (AvgIpc) is 2.71. The summed E-state index contributed by atoms with van der Waals surface area (Å²) in [6, 6.07) is 18.6. The van der Waals surface area contributed by atoms with Crippen molar-refractivity contribution in [3.8, 4) is 11.3 Å². The second kappa shape index (κ2) is 8.98. The molecule has 3 rings (SSSR count). The monoisotopic (exact) mass is 379 g/mol. The van der Waals surface area contributed by atoms with Crippen LogP contribution in [0, 0.1) is 0 Å². The van der Waals surface area contributed by atoms with Gasteiger partial charge in [0, 0.05) is 23.5 Å². The van der Waals surface area contributed by atoms with Gasteiger partial charge in [-0.1, -0.05) is 66.4 Å². The molecule has 0 radical (unpaired) electrons. The molecule has 3 N–H and O–H groups in total. The third-order valence-electron chi connectivity index (χ3n) is 3.73. The summed E-state index contributed by atoms with van der Waals surface area (Å²) in [5.74, 6) is -0.0402. The van der Waals surface area contributed by atoms with Crippen molar-refractivity contribution >= 4 is 23.7 Å². The molecule has 0 saturated carbocycles. The number of H-pyrrole nitrogens is 1. The molecular weight excluding hydrogens is 362 g/mol. The highest BCUT2D eigenvalue weighted by atomic mass is 32.2. The quantitative estimate of drug-likeness (QED) is 0.201. The van der Waals surface area contributed by atoms with Crippen molar-refractivity contribution in [2.24, 2.45) is 0 Å². The van der Waals surface area contributed by atoms with Gasteiger partial charge in [-0.15, -0.1) is 0 Å². The van der Waals surface area contributed by atoms with Gasteiger partial charge < -0.3 is 4.98 Å². The molecule has 1 aromatic heterocycles. The molecule has 6 nitrogen and oxygen atoms in total. The van der Waals surface area contributed by atoms with E-state index >= 15 is 0 Å². The number of benzene rings is 2. The molecule has 3 aromatic rings. The van der Waals surface area contributed by atoms with Crippen molar-refractivity contribution < 1.29 is 10.0 Å². The minimum atomic E-state index is -0.598. The van der Waals surface area contributed by atoms with Crippen molar-refractivity contribution in [1.82, 2.24) is 15.4 Å². The second-order valence-corrected chi connectivity index (χ2v) is 6.56. The summed E-state index contributed by atoms with van der Waals surface area (Å²) in [6.07, 6.45) is 2.87. The Hall–Kier alpha value is -3.16. The Labute approximate surface area is 159 Å². The fraction of sp³-hybridized carbons (Fsp3) is 0.0500. The van der Waals surface area contributed by atoms with E-state index in [1.54, 1.807) is 11.6 Å². The Balaban J connectivity index is 1.80. The molecular formula is C20H17N3O3S. The van der Waals surface area contributed by atoms with Gasteiger partial charge in [0.15, 0.2) is 5.16 Å². The lowest BCUT2D eigenvalue weighted by molar-refractivity contribution is -0.124. The maximum absolute atomic E-state index is 12.0. The molecule has 7 heteroatoms. The van der Waals surface area contributed by atoms with E-state index in [1.807, 2.05) is 54.6 Å². The first-order valence-electron chi connectivity index (χ1n) is 8.15. The van der Waals surface area contributed by atoms with Crippen molar-refractivity contribution in [2.75, 3.05) is 0 Å². The number of nitrogens with zero attached hydrogens (tertiary/aromatic N) is 1. The normalized spacial score (nSPS) is 10.9. The highest BCUT2D eigenvalue weighted by molar-refractivity contribution is 7.98. The Morgan fingerprint density at radius 2 is 1.89 bits per heavy atom. The molecule has 2 aromatic carbocycles. The molecule has 0 atom stereocenters. The summed E-state index contributed by atoms with van der Waals surface area (Å²) in [5.41, 5.74) is 4.66. The molecule has 0 aliphatic heterocycles. The molecule has 0 spiro atoms. The lowest BCUT2D eigenvalue weighted by Gasteiger charge is -2.07. The highest BCUT2D eigenvalue weighted by Crippen LogP contribution is 2.24. The summed E-state index contributed by atoms with van der Waals surface area (Å²) in [5, 5.41) is 9.10. The number of aromatic nitrogens is 2. The number of aromatic amines is 1. The lowest BCUT2D eigenvalue weighted by atomic mass is 10.1. The number of carbonyl (C=O) groups excluding carboxylic acids is 1. The van der Waals surface area contributed by atoms with E-state index in [0.717, 1.165) is 16.7 Å². The van der Waals surface area contributed by atoms with Crippen LogP contribution in [0.2, 0.25) is 0 Å². The SMILES string of the molecule is O=C(/C=C/c1ccccc1CSc1nc(-c2ccccc2)cc(=O)[nH]1)NO. The van der Waals surface area contributed by atoms with Crippen LogP contribution in [0.25, 0.3) is 17.3 Å². The molecule has 0 saturated heterocycles. The number of nitrogens with one attached hydrogen (secondary N) is 2. The van der Waals surface area contributed by atoms with E-state index < -0.39 is 5.91 Å². The summed E-state index contributed by atoms with van der Waals surface area (Å²) in [4.78, 5) is 30.4. The van der Waals surface area contributed by atoms with Gasteiger partial charge in [0.1, 0.15) is 0 Å². The number of amides is 1. The van der Waals surface area contributed by atoms with Crippen LogP contribution in [-0.4, -0.2) is 21.1 Å². The van der Waals surface area contributed by atoms with Crippen molar-refractivity contribution in [3.63, 3.8) is 0 Å². The zero-order valence-corrected chi connectivity index (χ0v) is 15.1. The first kappa shape index (κ1) is 18.6. The first-order chi connectivity index (χ1) is 13.2. The van der Waals surface area contributed by atoms with Crippen LogP contribution in [0.4, 0.5) is 0 Å². The van der Waals surface area contributed by atoms with Gasteiger partial charge in [-0.25, -0.2) is 10.5 Å². The van der Waals surface area contributed by atoms with Crippen LogP contribution in [0.5, 0.6) is 0 Å². The van der Waals surface area contributed by atoms with Gasteiger partial charge in [0.25, 0.3) is 11.5 Å². The number of hydrogen-bond donors (Lipinski definition) is 3. The summed E-state index contributed by atoms with van der Waals surface area (Å²) >= 11 is 1.40. The zero-order chi connectivity index (χ0) is 19.1. The van der Waals surface area contributed by atoms with E-state index in [9.17, 15) is 9.59 Å². The van der Waals surface area contributed by atoms with Crippen molar-refractivity contribution in [1.29, 1.82) is 0 Å². The predicted octanol–water partition coefficient (Wildman–Crippen LogP) is 3.25. The van der Waals surface area contributed by atoms with E-state index in [2.05, 4.69) is 9.97 Å². The smallest absolute Gasteiger partial charge is 0.267 e. The zero-order valence-electron chi connectivity index (χ0n) is 14.3. The third kappa shape index (κ3) is 5.16. The molecule has 0 bridgehead atoms. The average molecular weight is 379 g/mol. The van der Waals surface area contributed by atoms with E-state index in [0.29, 0.717) is 16.6 Å². The van der Waals surface area contributed by atoms with Gasteiger partial charge in [-0.3, -0.25) is 14.8 Å². The Bertz CT molecular complexity index is 1020. The van der Waals surface area contributed by atoms with Crippen LogP contribution >= 0.6 is 11.8 Å². The van der Waals surface area contributed by atoms with Crippen LogP contribution in [0.3, 0.4) is 0 Å². The molecule has 0 fully saturated rings. The maximum atomic E-state index is 12.0. The predicted molar refractivity (Wildman–Crippen MR) is 105 cm³/mol. The van der Waals surface area contributed by atoms with Gasteiger partial charge in [-0.2, -0.15) is 0 Å². The van der Waals surface area contributed by atoms with Crippen LogP contribution in [0.1, 0.15) is 11.1 Å². The summed E-state index contributed by atoms with van der Waals surface area (Å²) < 4.78 is 0. The Morgan fingerprint density at radius 1 is 1.15 bits per heavy atom. The fourth-order valence-electron chi connectivity index (χ4n) is 2.44. The third-order valence-corrected chi connectivity index (χ3v) is 4.66. The first-order valence-corrected chi connectivity index (χ1v) is 9.14. The Kier molecular flexibility index (Phi) is 6.19. The highest BCUT2D eigenvalue weighted by Gasteiger charge is 2.06. The molecule has 1 heterocycles. The van der Waals surface area contributed by atoms with E-state index in [1.165, 1.54) is 23.9 Å². The number of thioether (sulfide) groups is 1. The molecule has 0 unspecified atom stereocenters. The number of rotatable bonds is 6. The maximum Gasteiger partial charge on any atom is 0.267 e. The lowest BCUT2D eigenvalue weighted by Crippen LogP contribution is -2.14. The molecule has 0 aliphatic rings. The fourth-order valence-corrected chi connectivity index (χ4v) is 3.33. The molecule has 136 valence electrons. The van der Waals surface area contributed by atoms with E-state index in [-0.39, 0.29) is 5.56 Å². The number of carbonyl (C=O) groups is 1.